The van der Waals surface area contributed by atoms with Gasteiger partial charge in [0.05, 0.1) is 24.8 Å². The van der Waals surface area contributed by atoms with Crippen molar-refractivity contribution in [1.82, 2.24) is 19.9 Å². The van der Waals surface area contributed by atoms with Crippen molar-refractivity contribution in [2.24, 2.45) is 0 Å². The zero-order valence-electron chi connectivity index (χ0n) is 16.0. The van der Waals surface area contributed by atoms with Gasteiger partial charge in [0.1, 0.15) is 16.4 Å². The third kappa shape index (κ3) is 3.88. The minimum absolute atomic E-state index is 0.130. The number of imidazole rings is 1. The van der Waals surface area contributed by atoms with E-state index in [1.54, 1.807) is 55.9 Å². The number of methoxy groups -OCH3 is 1. The topological polar surface area (TPSA) is 104 Å². The van der Waals surface area contributed by atoms with Crippen LogP contribution >= 0.6 is 0 Å². The molecule has 1 aromatic carbocycles. The van der Waals surface area contributed by atoms with E-state index in [4.69, 9.17) is 4.74 Å². The standard InChI is InChI=1S/C21H22N4O3/c1-5-21(2,3)18-15(22-12-23-18)11-17-20(27)24-16(19(26)25-17)10-13-6-8-14(28-4)9-7-13/h5-12H,1H2,2-4H3,(H,22,23)(H,24,27)(H,25,26)/b16-10+,17-11-. The summed E-state index contributed by atoms with van der Waals surface area (Å²) in [6, 6.07) is 7.15. The first-order valence-electron chi connectivity index (χ1n) is 8.71. The van der Waals surface area contributed by atoms with Crippen LogP contribution in [-0.4, -0.2) is 27.0 Å². The molecule has 0 aliphatic rings. The molecule has 3 aromatic rings. The molecule has 2 aromatic heterocycles. The lowest BCUT2D eigenvalue weighted by atomic mass is 9.88. The lowest BCUT2D eigenvalue weighted by Gasteiger charge is -2.18. The maximum absolute atomic E-state index is 12.5. The first kappa shape index (κ1) is 19.2. The Morgan fingerprint density at radius 1 is 1.04 bits per heavy atom. The maximum atomic E-state index is 12.5. The van der Waals surface area contributed by atoms with Gasteiger partial charge >= 0.3 is 0 Å². The molecule has 3 rings (SSSR count). The number of nitrogens with one attached hydrogen (secondary N) is 3. The number of ether oxygens (including phenoxy) is 1. The van der Waals surface area contributed by atoms with Gasteiger partial charge in [-0.3, -0.25) is 9.59 Å². The third-order valence-corrected chi connectivity index (χ3v) is 4.52. The summed E-state index contributed by atoms with van der Waals surface area (Å²) < 4.78 is 5.11. The molecule has 0 spiro atoms. The number of benzene rings is 1. The summed E-state index contributed by atoms with van der Waals surface area (Å²) in [6.07, 6.45) is 6.49. The molecule has 2 heterocycles. The molecule has 0 fully saturated rings. The zero-order valence-corrected chi connectivity index (χ0v) is 16.0. The number of hydrogen-bond acceptors (Lipinski definition) is 4. The Balaban J connectivity index is 2.09. The summed E-state index contributed by atoms with van der Waals surface area (Å²) >= 11 is 0. The minimum Gasteiger partial charge on any atom is -0.497 e. The van der Waals surface area contributed by atoms with E-state index in [0.29, 0.717) is 11.4 Å². The smallest absolute Gasteiger partial charge is 0.272 e. The Bertz CT molecular complexity index is 1230. The van der Waals surface area contributed by atoms with Crippen LogP contribution in [0.1, 0.15) is 30.8 Å². The number of nitrogens with zero attached hydrogens (tertiary/aromatic N) is 1. The summed E-state index contributed by atoms with van der Waals surface area (Å²) in [5.74, 6) is 0.710. The Hall–Kier alpha value is -3.61. The summed E-state index contributed by atoms with van der Waals surface area (Å²) in [4.78, 5) is 37.5. The molecule has 0 saturated heterocycles. The van der Waals surface area contributed by atoms with E-state index in [2.05, 4.69) is 26.5 Å². The second kappa shape index (κ2) is 7.56. The highest BCUT2D eigenvalue weighted by atomic mass is 16.5. The van der Waals surface area contributed by atoms with Crippen molar-refractivity contribution in [2.45, 2.75) is 19.3 Å². The van der Waals surface area contributed by atoms with Crippen molar-refractivity contribution >= 4 is 12.2 Å². The van der Waals surface area contributed by atoms with Crippen LogP contribution in [0.2, 0.25) is 0 Å². The number of H-pyrrole nitrogens is 3. The summed E-state index contributed by atoms with van der Waals surface area (Å²) in [5.41, 5.74) is 0.958. The molecule has 144 valence electrons. The lowest BCUT2D eigenvalue weighted by molar-refractivity contribution is 0.415. The Labute approximate surface area is 161 Å². The molecule has 0 radical (unpaired) electrons. The van der Waals surface area contributed by atoms with Gasteiger partial charge in [-0.25, -0.2) is 4.98 Å². The van der Waals surface area contributed by atoms with Crippen LogP contribution in [-0.2, 0) is 5.41 Å². The number of aromatic amines is 3. The van der Waals surface area contributed by atoms with Crippen LogP contribution in [0, 0.1) is 0 Å². The van der Waals surface area contributed by atoms with E-state index < -0.39 is 11.1 Å². The molecule has 7 nitrogen and oxygen atoms in total. The Morgan fingerprint density at radius 3 is 2.21 bits per heavy atom. The van der Waals surface area contributed by atoms with Crippen LogP contribution in [0.15, 0.2) is 52.8 Å². The summed E-state index contributed by atoms with van der Waals surface area (Å²) in [7, 11) is 1.58. The van der Waals surface area contributed by atoms with Crippen LogP contribution in [0.5, 0.6) is 5.75 Å². The largest absolute Gasteiger partial charge is 0.497 e. The van der Waals surface area contributed by atoms with Gasteiger partial charge in [-0.15, -0.1) is 6.58 Å². The zero-order chi connectivity index (χ0) is 20.3. The quantitative estimate of drug-likeness (QED) is 0.574. The molecule has 0 bridgehead atoms. The van der Waals surface area contributed by atoms with Crippen molar-refractivity contribution in [3.8, 4) is 5.75 Å². The lowest BCUT2D eigenvalue weighted by Crippen LogP contribution is -2.46. The predicted molar refractivity (Wildman–Crippen MR) is 109 cm³/mol. The van der Waals surface area contributed by atoms with E-state index in [-0.39, 0.29) is 16.1 Å². The summed E-state index contributed by atoms with van der Waals surface area (Å²) in [6.45, 7) is 7.78. The van der Waals surface area contributed by atoms with Gasteiger partial charge in [0.25, 0.3) is 11.1 Å². The SMILES string of the molecule is C=CC(C)(C)c1[nH]cnc1/C=c1\[nH]c(=O)/c(=C\c2ccc(OC)cc2)[nH]c1=O. The van der Waals surface area contributed by atoms with Crippen molar-refractivity contribution in [3.05, 3.63) is 91.6 Å². The van der Waals surface area contributed by atoms with Gasteiger partial charge in [-0.2, -0.15) is 0 Å². The molecule has 7 heteroatoms. The van der Waals surface area contributed by atoms with Gasteiger partial charge in [0, 0.05) is 5.41 Å². The molecule has 0 aliphatic carbocycles. The van der Waals surface area contributed by atoms with E-state index in [0.717, 1.165) is 11.3 Å². The Morgan fingerprint density at radius 2 is 1.64 bits per heavy atom. The average Bonchev–Trinajstić information content (AvgIpc) is 3.15. The van der Waals surface area contributed by atoms with Crippen LogP contribution in [0.3, 0.4) is 0 Å². The van der Waals surface area contributed by atoms with Crippen molar-refractivity contribution in [1.29, 1.82) is 0 Å². The van der Waals surface area contributed by atoms with Gasteiger partial charge in [-0.1, -0.05) is 32.1 Å². The molecule has 0 aliphatic heterocycles. The third-order valence-electron chi connectivity index (χ3n) is 4.52. The van der Waals surface area contributed by atoms with Gasteiger partial charge in [0.15, 0.2) is 0 Å². The van der Waals surface area contributed by atoms with E-state index in [9.17, 15) is 9.59 Å². The number of hydrogen-bond donors (Lipinski definition) is 3. The molecule has 0 unspecified atom stereocenters. The highest BCUT2D eigenvalue weighted by molar-refractivity contribution is 5.51. The van der Waals surface area contributed by atoms with Gasteiger partial charge in [0.2, 0.25) is 0 Å². The number of rotatable bonds is 5. The van der Waals surface area contributed by atoms with Crippen molar-refractivity contribution < 1.29 is 4.74 Å². The normalized spacial score (nSPS) is 13.0. The molecular weight excluding hydrogens is 356 g/mol. The van der Waals surface area contributed by atoms with Crippen molar-refractivity contribution in [2.75, 3.05) is 7.11 Å². The average molecular weight is 378 g/mol. The monoisotopic (exact) mass is 378 g/mol. The molecule has 0 saturated carbocycles. The first-order valence-corrected chi connectivity index (χ1v) is 8.71. The Kier molecular flexibility index (Phi) is 5.17. The van der Waals surface area contributed by atoms with E-state index in [1.165, 1.54) is 0 Å². The van der Waals surface area contributed by atoms with Gasteiger partial charge < -0.3 is 19.7 Å². The van der Waals surface area contributed by atoms with Crippen LogP contribution < -0.4 is 26.6 Å². The fourth-order valence-electron chi connectivity index (χ4n) is 2.73. The molecular formula is C21H22N4O3. The molecule has 0 amide bonds. The molecule has 0 atom stereocenters. The van der Waals surface area contributed by atoms with E-state index in [1.807, 2.05) is 13.8 Å². The highest BCUT2D eigenvalue weighted by Crippen LogP contribution is 2.24. The van der Waals surface area contributed by atoms with Crippen LogP contribution in [0.4, 0.5) is 0 Å². The molecule has 3 N–H and O–H groups in total. The molecule has 28 heavy (non-hydrogen) atoms. The van der Waals surface area contributed by atoms with Crippen LogP contribution in [0.25, 0.3) is 12.2 Å². The predicted octanol–water partition coefficient (Wildman–Crippen LogP) is 0.916. The maximum Gasteiger partial charge on any atom is 0.272 e. The first-order chi connectivity index (χ1) is 13.3. The highest BCUT2D eigenvalue weighted by Gasteiger charge is 2.21. The number of aromatic nitrogens is 4. The van der Waals surface area contributed by atoms with E-state index >= 15 is 0 Å². The minimum atomic E-state index is -0.412. The number of allylic oxidation sites excluding steroid dienone is 1. The van der Waals surface area contributed by atoms with Gasteiger partial charge in [-0.05, 0) is 29.8 Å². The summed E-state index contributed by atoms with van der Waals surface area (Å²) in [5, 5.41) is 0.297. The fourth-order valence-corrected chi connectivity index (χ4v) is 2.73. The fraction of sp³-hybridized carbons (Fsp3) is 0.190. The van der Waals surface area contributed by atoms with Crippen molar-refractivity contribution in [3.63, 3.8) is 0 Å². The second-order valence-corrected chi connectivity index (χ2v) is 6.89. The second-order valence-electron chi connectivity index (χ2n) is 6.89.